The zero-order chi connectivity index (χ0) is 19.1. The smallest absolute Gasteiger partial charge is 0.267 e. The molecule has 2 aromatic heterocycles. The minimum absolute atomic E-state index is 0.0151. The van der Waals surface area contributed by atoms with Crippen LogP contribution in [0.2, 0.25) is 0 Å². The van der Waals surface area contributed by atoms with Crippen molar-refractivity contribution in [3.05, 3.63) is 51.1 Å². The summed E-state index contributed by atoms with van der Waals surface area (Å²) in [5.41, 5.74) is 2.04. The van der Waals surface area contributed by atoms with E-state index in [9.17, 15) is 9.59 Å². The molecule has 1 fully saturated rings. The molecular weight excluding hydrogens is 388 g/mol. The van der Waals surface area contributed by atoms with Gasteiger partial charge in [-0.25, -0.2) is 4.98 Å². The number of aromatic nitrogens is 2. The molecule has 0 bridgehead atoms. The predicted molar refractivity (Wildman–Crippen MR) is 115 cm³/mol. The third kappa shape index (κ3) is 3.12. The summed E-state index contributed by atoms with van der Waals surface area (Å²) in [6.07, 6.45) is 7.89. The molecule has 3 aromatic rings. The highest BCUT2D eigenvalue weighted by Crippen LogP contribution is 2.37. The number of para-hydroxylation sites is 1. The molecule has 6 heteroatoms. The van der Waals surface area contributed by atoms with Crippen molar-refractivity contribution in [3.63, 3.8) is 0 Å². The van der Waals surface area contributed by atoms with E-state index in [2.05, 4.69) is 0 Å². The van der Waals surface area contributed by atoms with Crippen LogP contribution in [0.1, 0.15) is 49.0 Å². The van der Waals surface area contributed by atoms with E-state index < -0.39 is 0 Å². The second kappa shape index (κ2) is 7.48. The molecule has 144 valence electrons. The lowest BCUT2D eigenvalue weighted by Crippen LogP contribution is -2.26. The maximum absolute atomic E-state index is 13.6. The molecule has 0 radical (unpaired) electrons. The van der Waals surface area contributed by atoms with Gasteiger partial charge in [0, 0.05) is 11.3 Å². The molecule has 2 aliphatic carbocycles. The highest BCUT2D eigenvalue weighted by Gasteiger charge is 2.28. The van der Waals surface area contributed by atoms with Crippen LogP contribution in [0.5, 0.6) is 0 Å². The number of ketones is 1. The van der Waals surface area contributed by atoms with Gasteiger partial charge in [-0.2, -0.15) is 0 Å². The van der Waals surface area contributed by atoms with Crippen LogP contribution in [0.15, 0.2) is 40.3 Å². The van der Waals surface area contributed by atoms with Crippen LogP contribution in [-0.4, -0.2) is 20.6 Å². The van der Waals surface area contributed by atoms with Crippen LogP contribution >= 0.6 is 23.1 Å². The quantitative estimate of drug-likeness (QED) is 0.575. The largest absolute Gasteiger partial charge is 0.298 e. The fourth-order valence-corrected chi connectivity index (χ4v) is 6.81. The monoisotopic (exact) mass is 410 g/mol. The summed E-state index contributed by atoms with van der Waals surface area (Å²) >= 11 is 3.15. The van der Waals surface area contributed by atoms with Gasteiger partial charge in [0.1, 0.15) is 10.6 Å². The summed E-state index contributed by atoms with van der Waals surface area (Å²) in [4.78, 5) is 33.2. The van der Waals surface area contributed by atoms with Crippen molar-refractivity contribution < 1.29 is 4.79 Å². The first kappa shape index (κ1) is 18.1. The SMILES string of the molecule is O=C1CCCCC1Sc1nc2sc3c(c2c(=O)n1-c1ccccc1)CCCC3. The average Bonchev–Trinajstić information content (AvgIpc) is 3.09. The van der Waals surface area contributed by atoms with Crippen molar-refractivity contribution in [1.82, 2.24) is 9.55 Å². The summed E-state index contributed by atoms with van der Waals surface area (Å²) in [5.74, 6) is 0.288. The highest BCUT2D eigenvalue weighted by atomic mass is 32.2. The van der Waals surface area contributed by atoms with Gasteiger partial charge in [0.15, 0.2) is 5.16 Å². The Bertz CT molecular complexity index is 1100. The molecule has 5 rings (SSSR count). The van der Waals surface area contributed by atoms with Crippen molar-refractivity contribution in [1.29, 1.82) is 0 Å². The topological polar surface area (TPSA) is 52.0 Å². The van der Waals surface area contributed by atoms with Crippen LogP contribution in [0.4, 0.5) is 0 Å². The number of Topliss-reactive ketones (excluding diaryl/α,β-unsaturated/α-hetero) is 1. The lowest BCUT2D eigenvalue weighted by Gasteiger charge is -2.21. The Morgan fingerprint density at radius 2 is 1.79 bits per heavy atom. The summed E-state index contributed by atoms with van der Waals surface area (Å²) in [6, 6.07) is 9.72. The molecule has 0 aliphatic heterocycles. The summed E-state index contributed by atoms with van der Waals surface area (Å²) in [6.45, 7) is 0. The van der Waals surface area contributed by atoms with E-state index in [-0.39, 0.29) is 16.6 Å². The minimum Gasteiger partial charge on any atom is -0.298 e. The van der Waals surface area contributed by atoms with Gasteiger partial charge >= 0.3 is 0 Å². The Kier molecular flexibility index (Phi) is 4.85. The van der Waals surface area contributed by atoms with Crippen LogP contribution < -0.4 is 5.56 Å². The number of thioether (sulfide) groups is 1. The van der Waals surface area contributed by atoms with Crippen LogP contribution in [-0.2, 0) is 17.6 Å². The Balaban J connectivity index is 1.71. The number of rotatable bonds is 3. The van der Waals surface area contributed by atoms with Gasteiger partial charge in [-0.05, 0) is 56.2 Å². The molecule has 0 spiro atoms. The molecule has 2 heterocycles. The number of carbonyl (C=O) groups is 1. The van der Waals surface area contributed by atoms with E-state index in [0.29, 0.717) is 11.6 Å². The maximum atomic E-state index is 13.6. The number of hydrogen-bond acceptors (Lipinski definition) is 5. The van der Waals surface area contributed by atoms with E-state index in [4.69, 9.17) is 4.98 Å². The summed E-state index contributed by atoms with van der Waals surface area (Å²) in [7, 11) is 0. The number of nitrogens with zero attached hydrogens (tertiary/aromatic N) is 2. The minimum atomic E-state index is -0.0948. The number of aryl methyl sites for hydroxylation is 2. The molecule has 4 nitrogen and oxygen atoms in total. The van der Waals surface area contributed by atoms with Crippen molar-refractivity contribution in [3.8, 4) is 5.69 Å². The standard InChI is InChI=1S/C22H22N2O2S2/c25-16-11-5-7-13-18(16)28-22-23-20-19(15-10-4-6-12-17(15)27-20)21(26)24(22)14-8-2-1-3-9-14/h1-3,8-9,18H,4-7,10-13H2. The number of carbonyl (C=O) groups excluding carboxylic acids is 1. The fourth-order valence-electron chi connectivity index (χ4n) is 4.27. The normalized spacial score (nSPS) is 19.7. The maximum Gasteiger partial charge on any atom is 0.267 e. The Morgan fingerprint density at radius 1 is 1.00 bits per heavy atom. The Hall–Kier alpha value is -1.92. The Labute approximate surface area is 172 Å². The van der Waals surface area contributed by atoms with Crippen molar-refractivity contribution in [2.75, 3.05) is 0 Å². The molecule has 1 saturated carbocycles. The number of hydrogen-bond donors (Lipinski definition) is 0. The second-order valence-corrected chi connectivity index (χ2v) is 9.83. The molecule has 0 N–H and O–H groups in total. The van der Waals surface area contributed by atoms with Gasteiger partial charge in [-0.3, -0.25) is 14.2 Å². The average molecular weight is 411 g/mol. The van der Waals surface area contributed by atoms with E-state index in [0.717, 1.165) is 54.4 Å². The zero-order valence-electron chi connectivity index (χ0n) is 15.6. The molecule has 1 aromatic carbocycles. The van der Waals surface area contributed by atoms with E-state index in [1.165, 1.54) is 28.6 Å². The lowest BCUT2D eigenvalue weighted by atomic mass is 9.97. The summed E-state index contributed by atoms with van der Waals surface area (Å²) < 4.78 is 1.73. The third-order valence-electron chi connectivity index (χ3n) is 5.72. The summed E-state index contributed by atoms with van der Waals surface area (Å²) in [5, 5.41) is 1.35. The second-order valence-electron chi connectivity index (χ2n) is 7.58. The molecule has 1 atom stereocenters. The first-order valence-corrected chi connectivity index (χ1v) is 11.7. The number of benzene rings is 1. The molecule has 1 unspecified atom stereocenters. The van der Waals surface area contributed by atoms with Crippen LogP contribution in [0, 0.1) is 0 Å². The lowest BCUT2D eigenvalue weighted by molar-refractivity contribution is -0.119. The first-order valence-electron chi connectivity index (χ1n) is 10.0. The molecular formula is C22H22N2O2S2. The molecule has 2 aliphatic rings. The molecule has 28 heavy (non-hydrogen) atoms. The fraction of sp³-hybridized carbons (Fsp3) is 0.409. The zero-order valence-corrected chi connectivity index (χ0v) is 17.3. The first-order chi connectivity index (χ1) is 13.7. The van der Waals surface area contributed by atoms with Crippen molar-refractivity contribution in [2.45, 2.75) is 61.8 Å². The molecule has 0 amide bonds. The van der Waals surface area contributed by atoms with Gasteiger partial charge in [-0.15, -0.1) is 11.3 Å². The highest BCUT2D eigenvalue weighted by molar-refractivity contribution is 8.00. The van der Waals surface area contributed by atoms with Crippen LogP contribution in [0.3, 0.4) is 0 Å². The van der Waals surface area contributed by atoms with Gasteiger partial charge < -0.3 is 0 Å². The van der Waals surface area contributed by atoms with Gasteiger partial charge in [0.05, 0.1) is 16.3 Å². The van der Waals surface area contributed by atoms with Crippen LogP contribution in [0.25, 0.3) is 15.9 Å². The van der Waals surface area contributed by atoms with Crippen molar-refractivity contribution in [2.24, 2.45) is 0 Å². The predicted octanol–water partition coefficient (Wildman–Crippen LogP) is 4.93. The number of fused-ring (bicyclic) bond motifs is 3. The molecule has 0 saturated heterocycles. The Morgan fingerprint density at radius 3 is 2.61 bits per heavy atom. The van der Waals surface area contributed by atoms with Crippen molar-refractivity contribution >= 4 is 39.1 Å². The number of thiophene rings is 1. The van der Waals surface area contributed by atoms with Gasteiger partial charge in [-0.1, -0.05) is 36.4 Å². The van der Waals surface area contributed by atoms with Gasteiger partial charge in [0.2, 0.25) is 0 Å². The van der Waals surface area contributed by atoms with E-state index >= 15 is 0 Å². The van der Waals surface area contributed by atoms with Gasteiger partial charge in [0.25, 0.3) is 5.56 Å². The van der Waals surface area contributed by atoms with E-state index in [1.807, 2.05) is 30.3 Å². The van der Waals surface area contributed by atoms with E-state index in [1.54, 1.807) is 15.9 Å². The third-order valence-corrected chi connectivity index (χ3v) is 8.17.